The van der Waals surface area contributed by atoms with Crippen LogP contribution in [0.5, 0.6) is 0 Å². The summed E-state index contributed by atoms with van der Waals surface area (Å²) in [5.74, 6) is 1.94. The third-order valence-electron chi connectivity index (χ3n) is 4.01. The Morgan fingerprint density at radius 2 is 2.04 bits per heavy atom. The van der Waals surface area contributed by atoms with Gasteiger partial charge in [-0.15, -0.1) is 17.4 Å². The van der Waals surface area contributed by atoms with Gasteiger partial charge in [-0.2, -0.15) is 10.2 Å². The molecule has 0 bridgehead atoms. The molecule has 0 fully saturated rings. The summed E-state index contributed by atoms with van der Waals surface area (Å²) in [7, 11) is 0. The molecule has 1 aromatic carbocycles. The fourth-order valence-electron chi connectivity index (χ4n) is 2.52. The summed E-state index contributed by atoms with van der Waals surface area (Å²) in [6.45, 7) is 0.354. The van der Waals surface area contributed by atoms with Gasteiger partial charge in [-0.25, -0.2) is 4.68 Å². The van der Waals surface area contributed by atoms with Gasteiger partial charge in [0, 0.05) is 25.8 Å². The van der Waals surface area contributed by atoms with Gasteiger partial charge in [0.2, 0.25) is 5.91 Å². The highest BCUT2D eigenvalue weighted by Gasteiger charge is 2.38. The third-order valence-corrected chi connectivity index (χ3v) is 4.01. The van der Waals surface area contributed by atoms with E-state index in [0.717, 1.165) is 0 Å². The minimum absolute atomic E-state index is 0.0519. The van der Waals surface area contributed by atoms with Crippen LogP contribution in [0, 0.1) is 12.3 Å². The van der Waals surface area contributed by atoms with Gasteiger partial charge < -0.3 is 10.6 Å². The zero-order valence-corrected chi connectivity index (χ0v) is 14.5. The minimum Gasteiger partial charge on any atom is -0.352 e. The number of benzene rings is 1. The SMILES string of the molecule is C#CCCC1(CCNC(=O)c2ccccc2NC(=O)Cn2cnnn2)N=N1. The third kappa shape index (κ3) is 4.94. The first-order valence-electron chi connectivity index (χ1n) is 8.37. The Kier molecular flexibility index (Phi) is 5.51. The monoisotopic (exact) mass is 366 g/mol. The number of nitrogens with one attached hydrogen (secondary N) is 2. The molecule has 10 heteroatoms. The van der Waals surface area contributed by atoms with Crippen LogP contribution in [0.2, 0.25) is 0 Å². The van der Waals surface area contributed by atoms with Gasteiger partial charge in [0.1, 0.15) is 12.9 Å². The Morgan fingerprint density at radius 3 is 2.74 bits per heavy atom. The molecule has 27 heavy (non-hydrogen) atoms. The lowest BCUT2D eigenvalue weighted by molar-refractivity contribution is -0.116. The molecule has 3 rings (SSSR count). The van der Waals surface area contributed by atoms with Gasteiger partial charge in [-0.3, -0.25) is 9.59 Å². The van der Waals surface area contributed by atoms with Crippen molar-refractivity contribution in [1.82, 2.24) is 25.5 Å². The summed E-state index contributed by atoms with van der Waals surface area (Å²) in [6, 6.07) is 6.76. The van der Waals surface area contributed by atoms with Crippen molar-refractivity contribution in [3.8, 4) is 12.3 Å². The van der Waals surface area contributed by atoms with Crippen LogP contribution in [0.4, 0.5) is 5.69 Å². The molecule has 2 aromatic rings. The summed E-state index contributed by atoms with van der Waals surface area (Å²) < 4.78 is 1.29. The number of rotatable bonds is 9. The van der Waals surface area contributed by atoms with Crippen molar-refractivity contribution in [2.45, 2.75) is 31.5 Å². The second kappa shape index (κ2) is 8.18. The van der Waals surface area contributed by atoms with E-state index >= 15 is 0 Å². The summed E-state index contributed by atoms with van der Waals surface area (Å²) in [6.07, 6.45) is 8.47. The van der Waals surface area contributed by atoms with Crippen LogP contribution in [0.15, 0.2) is 40.8 Å². The van der Waals surface area contributed by atoms with Gasteiger partial charge >= 0.3 is 0 Å². The normalized spacial score (nSPS) is 13.6. The first-order valence-corrected chi connectivity index (χ1v) is 8.37. The van der Waals surface area contributed by atoms with Gasteiger partial charge in [-0.05, 0) is 22.6 Å². The number of tetrazole rings is 1. The molecule has 0 saturated heterocycles. The summed E-state index contributed by atoms with van der Waals surface area (Å²) in [5.41, 5.74) is 0.333. The number of carbonyl (C=O) groups is 2. The lowest BCUT2D eigenvalue weighted by Gasteiger charge is -2.13. The van der Waals surface area contributed by atoms with E-state index < -0.39 is 5.66 Å². The molecule has 1 aromatic heterocycles. The highest BCUT2D eigenvalue weighted by atomic mass is 16.2. The summed E-state index contributed by atoms with van der Waals surface area (Å²) in [4.78, 5) is 24.6. The number of nitrogens with zero attached hydrogens (tertiary/aromatic N) is 6. The summed E-state index contributed by atoms with van der Waals surface area (Å²) in [5, 5.41) is 24.2. The molecule has 0 spiro atoms. The maximum absolute atomic E-state index is 12.5. The highest BCUT2D eigenvalue weighted by Crippen LogP contribution is 2.36. The van der Waals surface area contributed by atoms with Crippen LogP contribution in [0.25, 0.3) is 0 Å². The number of anilines is 1. The number of para-hydroxylation sites is 1. The fraction of sp³-hybridized carbons (Fsp3) is 0.353. The molecule has 0 saturated carbocycles. The van der Waals surface area contributed by atoms with Crippen molar-refractivity contribution in [3.63, 3.8) is 0 Å². The van der Waals surface area contributed by atoms with Gasteiger partial charge in [-0.1, -0.05) is 12.1 Å². The molecule has 2 amide bonds. The van der Waals surface area contributed by atoms with E-state index in [-0.39, 0.29) is 18.4 Å². The van der Waals surface area contributed by atoms with Crippen molar-refractivity contribution in [2.24, 2.45) is 10.2 Å². The van der Waals surface area contributed by atoms with E-state index in [1.165, 1.54) is 11.0 Å². The van der Waals surface area contributed by atoms with Crippen LogP contribution in [0.1, 0.15) is 29.6 Å². The average Bonchev–Trinajstić information content (AvgIpc) is 3.24. The van der Waals surface area contributed by atoms with E-state index in [0.29, 0.717) is 37.1 Å². The Bertz CT molecular complexity index is 879. The maximum atomic E-state index is 12.5. The standard InChI is InChI=1S/C17H18N8O2/c1-2-3-8-17(21-22-17)9-10-18-16(27)13-6-4-5-7-14(13)20-15(26)11-25-12-19-23-24-25/h1,4-7,12H,3,8-11H2,(H,18,27)(H,20,26). The number of hydrogen-bond acceptors (Lipinski definition) is 7. The zero-order valence-electron chi connectivity index (χ0n) is 14.5. The van der Waals surface area contributed by atoms with E-state index in [1.807, 2.05) is 0 Å². The smallest absolute Gasteiger partial charge is 0.253 e. The Labute approximate surface area is 155 Å². The molecule has 0 radical (unpaired) electrons. The number of amides is 2. The molecular weight excluding hydrogens is 348 g/mol. The van der Waals surface area contributed by atoms with Gasteiger partial charge in [0.05, 0.1) is 11.3 Å². The molecule has 0 atom stereocenters. The van der Waals surface area contributed by atoms with Crippen LogP contribution in [0.3, 0.4) is 0 Å². The van der Waals surface area contributed by atoms with Crippen LogP contribution >= 0.6 is 0 Å². The number of hydrogen-bond donors (Lipinski definition) is 2. The number of terminal acetylenes is 1. The fourth-order valence-corrected chi connectivity index (χ4v) is 2.52. The number of aromatic nitrogens is 4. The van der Waals surface area contributed by atoms with Crippen molar-refractivity contribution in [1.29, 1.82) is 0 Å². The Balaban J connectivity index is 1.54. The second-order valence-corrected chi connectivity index (χ2v) is 5.99. The van der Waals surface area contributed by atoms with Crippen LogP contribution in [-0.4, -0.2) is 44.2 Å². The Hall–Kier alpha value is -3.61. The molecule has 1 aliphatic rings. The first kappa shape index (κ1) is 18.2. The van der Waals surface area contributed by atoms with Crippen molar-refractivity contribution < 1.29 is 9.59 Å². The van der Waals surface area contributed by atoms with E-state index in [4.69, 9.17) is 6.42 Å². The molecule has 2 heterocycles. The topological polar surface area (TPSA) is 127 Å². The Morgan fingerprint density at radius 1 is 1.22 bits per heavy atom. The average molecular weight is 366 g/mol. The molecule has 2 N–H and O–H groups in total. The molecule has 0 aliphatic carbocycles. The van der Waals surface area contributed by atoms with Crippen molar-refractivity contribution in [3.05, 3.63) is 36.2 Å². The summed E-state index contributed by atoms with van der Waals surface area (Å²) >= 11 is 0. The predicted molar refractivity (Wildman–Crippen MR) is 95.5 cm³/mol. The van der Waals surface area contributed by atoms with Gasteiger partial charge in [0.25, 0.3) is 5.91 Å². The quantitative estimate of drug-likeness (QED) is 0.640. The van der Waals surface area contributed by atoms with Crippen molar-refractivity contribution >= 4 is 17.5 Å². The molecule has 1 aliphatic heterocycles. The zero-order chi connectivity index (χ0) is 19.1. The lowest BCUT2D eigenvalue weighted by Crippen LogP contribution is -2.29. The molecule has 0 unspecified atom stereocenters. The van der Waals surface area contributed by atoms with Crippen LogP contribution in [-0.2, 0) is 11.3 Å². The van der Waals surface area contributed by atoms with E-state index in [1.54, 1.807) is 24.3 Å². The second-order valence-electron chi connectivity index (χ2n) is 5.99. The lowest BCUT2D eigenvalue weighted by atomic mass is 10.0. The highest BCUT2D eigenvalue weighted by molar-refractivity contribution is 6.03. The van der Waals surface area contributed by atoms with E-state index in [2.05, 4.69) is 42.3 Å². The minimum atomic E-state index is -0.445. The molecule has 138 valence electrons. The van der Waals surface area contributed by atoms with Crippen LogP contribution < -0.4 is 10.6 Å². The number of carbonyl (C=O) groups excluding carboxylic acids is 2. The molecular formula is C17H18N8O2. The predicted octanol–water partition coefficient (Wildman–Crippen LogP) is 1.01. The first-order chi connectivity index (χ1) is 13.1. The van der Waals surface area contributed by atoms with E-state index in [9.17, 15) is 9.59 Å². The maximum Gasteiger partial charge on any atom is 0.253 e. The van der Waals surface area contributed by atoms with Crippen molar-refractivity contribution in [2.75, 3.05) is 11.9 Å². The van der Waals surface area contributed by atoms with Gasteiger partial charge in [0.15, 0.2) is 5.66 Å². The molecule has 10 nitrogen and oxygen atoms in total. The largest absolute Gasteiger partial charge is 0.352 e.